The summed E-state index contributed by atoms with van der Waals surface area (Å²) in [5.41, 5.74) is 1.59. The molecule has 11 heteroatoms. The number of nitrogens with one attached hydrogen (secondary N) is 1. The van der Waals surface area contributed by atoms with Crippen LogP contribution in [0.2, 0.25) is 5.02 Å². The molecular weight excluding hydrogens is 532 g/mol. The van der Waals surface area contributed by atoms with Gasteiger partial charge in [-0.2, -0.15) is 5.10 Å². The summed E-state index contributed by atoms with van der Waals surface area (Å²) < 4.78 is 32.5. The molecule has 3 heterocycles. The number of halogens is 3. The molecular formula is C27H22ClF2N5O2S. The van der Waals surface area contributed by atoms with E-state index in [0.29, 0.717) is 10.7 Å². The third kappa shape index (κ3) is 5.23. The van der Waals surface area contributed by atoms with Crippen molar-refractivity contribution in [3.05, 3.63) is 99.2 Å². The van der Waals surface area contributed by atoms with Crippen LogP contribution >= 0.6 is 22.9 Å². The van der Waals surface area contributed by atoms with Crippen LogP contribution in [0, 0.1) is 6.92 Å². The molecule has 1 aliphatic heterocycles. The Morgan fingerprint density at radius 2 is 2.03 bits per heavy atom. The number of carbonyl (C=O) groups is 2. The molecule has 0 saturated carbocycles. The fourth-order valence-corrected chi connectivity index (χ4v) is 5.06. The molecule has 194 valence electrons. The normalized spacial score (nSPS) is 15.7. The summed E-state index contributed by atoms with van der Waals surface area (Å²) in [7, 11) is 0. The van der Waals surface area contributed by atoms with Gasteiger partial charge in [0.15, 0.2) is 0 Å². The summed E-state index contributed by atoms with van der Waals surface area (Å²) in [6.07, 6.45) is 3.62. The molecule has 0 unspecified atom stereocenters. The molecule has 0 fully saturated rings. The number of para-hydroxylation sites is 1. The maximum atomic E-state index is 15.4. The number of carbonyl (C=O) groups excluding carboxylic acids is 2. The van der Waals surface area contributed by atoms with E-state index in [4.69, 9.17) is 11.6 Å². The molecule has 1 aliphatic rings. The van der Waals surface area contributed by atoms with E-state index >= 15 is 8.78 Å². The Balaban J connectivity index is 1.47. The van der Waals surface area contributed by atoms with Gasteiger partial charge in [-0.1, -0.05) is 29.8 Å². The molecule has 4 aromatic rings. The highest BCUT2D eigenvalue weighted by molar-refractivity contribution is 7.09. The lowest BCUT2D eigenvalue weighted by Gasteiger charge is -2.23. The number of alkyl halides is 2. The highest BCUT2D eigenvalue weighted by Crippen LogP contribution is 2.43. The first-order chi connectivity index (χ1) is 18.2. The van der Waals surface area contributed by atoms with Crippen molar-refractivity contribution in [2.45, 2.75) is 25.8 Å². The van der Waals surface area contributed by atoms with Crippen molar-refractivity contribution in [1.29, 1.82) is 0 Å². The monoisotopic (exact) mass is 553 g/mol. The summed E-state index contributed by atoms with van der Waals surface area (Å²) in [6, 6.07) is 13.0. The zero-order chi connectivity index (χ0) is 26.9. The molecule has 2 aromatic heterocycles. The quantitative estimate of drug-likeness (QED) is 0.323. The lowest BCUT2D eigenvalue weighted by molar-refractivity contribution is -0.116. The number of thiazole rings is 1. The first-order valence-corrected chi connectivity index (χ1v) is 13.0. The number of aromatic nitrogens is 3. The van der Waals surface area contributed by atoms with Crippen molar-refractivity contribution in [3.8, 4) is 5.69 Å². The number of amides is 2. The SMILES string of the molecule is Cc1ccn(-c2ccc(C(=O)N3CCC(F)(F)/C(=C\C(=O)NCc4nccs4)c4ccccc43)c(Cl)c2)n1. The van der Waals surface area contributed by atoms with Gasteiger partial charge in [-0.3, -0.25) is 9.59 Å². The number of fused-ring (bicyclic) bond motifs is 1. The van der Waals surface area contributed by atoms with Crippen LogP contribution in [0.1, 0.15) is 33.0 Å². The number of hydrogen-bond donors (Lipinski definition) is 1. The van der Waals surface area contributed by atoms with Crippen LogP contribution in [0.5, 0.6) is 0 Å². The Bertz CT molecular complexity index is 1530. The lowest BCUT2D eigenvalue weighted by Crippen LogP contribution is -2.33. The Hall–Kier alpha value is -3.89. The van der Waals surface area contributed by atoms with Crippen LogP contribution in [0.25, 0.3) is 11.3 Å². The van der Waals surface area contributed by atoms with Gasteiger partial charge >= 0.3 is 0 Å². The van der Waals surface area contributed by atoms with E-state index in [-0.39, 0.29) is 34.9 Å². The molecule has 0 atom stereocenters. The molecule has 0 spiro atoms. The molecule has 0 saturated heterocycles. The van der Waals surface area contributed by atoms with Gasteiger partial charge in [-0.15, -0.1) is 11.3 Å². The molecule has 0 aliphatic carbocycles. The predicted octanol–water partition coefficient (Wildman–Crippen LogP) is 5.68. The highest BCUT2D eigenvalue weighted by atomic mass is 35.5. The molecule has 2 aromatic carbocycles. The Labute approximate surface area is 226 Å². The first-order valence-electron chi connectivity index (χ1n) is 11.7. The Kier molecular flexibility index (Phi) is 7.09. The zero-order valence-electron chi connectivity index (χ0n) is 20.2. The van der Waals surface area contributed by atoms with Crippen LogP contribution in [-0.4, -0.2) is 39.0 Å². The van der Waals surface area contributed by atoms with Gasteiger partial charge in [0.05, 0.1) is 34.2 Å². The van der Waals surface area contributed by atoms with Crippen LogP contribution in [0.3, 0.4) is 0 Å². The number of aryl methyl sites for hydroxylation is 1. The highest BCUT2D eigenvalue weighted by Gasteiger charge is 2.41. The van der Waals surface area contributed by atoms with Gasteiger partial charge in [0, 0.05) is 48.0 Å². The number of allylic oxidation sites excluding steroid dienone is 1. The van der Waals surface area contributed by atoms with Crippen LogP contribution < -0.4 is 10.2 Å². The van der Waals surface area contributed by atoms with E-state index < -0.39 is 29.7 Å². The van der Waals surface area contributed by atoms with Crippen LogP contribution in [-0.2, 0) is 11.3 Å². The van der Waals surface area contributed by atoms with E-state index in [1.165, 1.54) is 22.3 Å². The van der Waals surface area contributed by atoms with E-state index in [0.717, 1.165) is 11.8 Å². The van der Waals surface area contributed by atoms with Crippen molar-refractivity contribution in [2.75, 3.05) is 11.4 Å². The standard InChI is InChI=1S/C27H22ClF2N5O2S/c1-17-8-11-35(33-17)18-6-7-20(22(28)14-18)26(37)34-12-9-27(29,30)21(19-4-2-3-5-23(19)34)15-24(36)32-16-25-31-10-13-38-25/h2-8,10-11,13-15H,9,12,16H2,1H3,(H,32,36)/b21-15-. The second-order valence-corrected chi connectivity index (χ2v) is 10.1. The van der Waals surface area contributed by atoms with Crippen molar-refractivity contribution in [2.24, 2.45) is 0 Å². The largest absolute Gasteiger partial charge is 0.346 e. The fourth-order valence-electron chi connectivity index (χ4n) is 4.24. The minimum absolute atomic E-state index is 0.104. The predicted molar refractivity (Wildman–Crippen MR) is 143 cm³/mol. The van der Waals surface area contributed by atoms with Crippen molar-refractivity contribution in [1.82, 2.24) is 20.1 Å². The van der Waals surface area contributed by atoms with Crippen molar-refractivity contribution in [3.63, 3.8) is 0 Å². The number of rotatable bonds is 5. The first kappa shape index (κ1) is 25.7. The van der Waals surface area contributed by atoms with Gasteiger partial charge in [0.2, 0.25) is 5.91 Å². The maximum absolute atomic E-state index is 15.4. The average molecular weight is 554 g/mol. The third-order valence-corrected chi connectivity index (χ3v) is 7.21. The van der Waals surface area contributed by atoms with E-state index in [2.05, 4.69) is 15.4 Å². The Morgan fingerprint density at radius 3 is 2.74 bits per heavy atom. The second kappa shape index (κ2) is 10.5. The smallest absolute Gasteiger partial charge is 0.275 e. The van der Waals surface area contributed by atoms with Gasteiger partial charge in [0.1, 0.15) is 5.01 Å². The molecule has 0 radical (unpaired) electrons. The average Bonchev–Trinajstić information content (AvgIpc) is 3.56. The van der Waals surface area contributed by atoms with Gasteiger partial charge < -0.3 is 10.2 Å². The van der Waals surface area contributed by atoms with E-state index in [1.54, 1.807) is 58.9 Å². The summed E-state index contributed by atoms with van der Waals surface area (Å²) >= 11 is 7.84. The van der Waals surface area contributed by atoms with Gasteiger partial charge in [-0.05, 0) is 37.3 Å². The zero-order valence-corrected chi connectivity index (χ0v) is 21.8. The lowest BCUT2D eigenvalue weighted by atomic mass is 9.97. The second-order valence-electron chi connectivity index (χ2n) is 8.70. The molecule has 7 nitrogen and oxygen atoms in total. The summed E-state index contributed by atoms with van der Waals surface area (Å²) in [5, 5.41) is 9.54. The van der Waals surface area contributed by atoms with Crippen LogP contribution in [0.4, 0.5) is 14.5 Å². The molecule has 5 rings (SSSR count). The molecule has 1 N–H and O–H groups in total. The van der Waals surface area contributed by atoms with E-state index in [1.807, 2.05) is 13.0 Å². The van der Waals surface area contributed by atoms with Gasteiger partial charge in [-0.25, -0.2) is 18.4 Å². The molecule has 38 heavy (non-hydrogen) atoms. The number of nitrogens with zero attached hydrogens (tertiary/aromatic N) is 4. The van der Waals surface area contributed by atoms with Crippen molar-refractivity contribution < 1.29 is 18.4 Å². The molecule has 2 amide bonds. The number of hydrogen-bond acceptors (Lipinski definition) is 5. The maximum Gasteiger partial charge on any atom is 0.275 e. The van der Waals surface area contributed by atoms with E-state index in [9.17, 15) is 9.59 Å². The summed E-state index contributed by atoms with van der Waals surface area (Å²) in [6.45, 7) is 1.72. The topological polar surface area (TPSA) is 80.1 Å². The number of benzene rings is 2. The van der Waals surface area contributed by atoms with Crippen LogP contribution in [0.15, 0.2) is 72.4 Å². The number of anilines is 1. The summed E-state index contributed by atoms with van der Waals surface area (Å²) in [4.78, 5) is 31.6. The third-order valence-electron chi connectivity index (χ3n) is 6.12. The van der Waals surface area contributed by atoms with Gasteiger partial charge in [0.25, 0.3) is 11.8 Å². The van der Waals surface area contributed by atoms with Crippen molar-refractivity contribution >= 4 is 46.0 Å². The minimum atomic E-state index is -3.35. The Morgan fingerprint density at radius 1 is 1.21 bits per heavy atom. The minimum Gasteiger partial charge on any atom is -0.346 e. The summed E-state index contributed by atoms with van der Waals surface area (Å²) in [5.74, 6) is -4.54. The molecule has 0 bridgehead atoms. The fraction of sp³-hybridized carbons (Fsp3) is 0.185.